The molecule has 0 aliphatic heterocycles. The Bertz CT molecular complexity index is 849. The SMILES string of the molecule is CCCCCCCCc1ccc(C2CCC(c3ccc(S(F)(F)(F)(F)F)cc3)CC2)cc1. The van der Waals surface area contributed by atoms with Gasteiger partial charge in [-0.25, -0.2) is 0 Å². The second-order valence-corrected chi connectivity index (χ2v) is 11.8. The molecule has 0 saturated heterocycles. The maximum atomic E-state index is 12.9. The predicted molar refractivity (Wildman–Crippen MR) is 125 cm³/mol. The van der Waals surface area contributed by atoms with Gasteiger partial charge in [0.2, 0.25) is 0 Å². The number of unbranched alkanes of at least 4 members (excludes halogenated alkanes) is 5. The monoisotopic (exact) mass is 474 g/mol. The smallest absolute Gasteiger partial charge is 0.0936 e. The van der Waals surface area contributed by atoms with Crippen LogP contribution in [0.25, 0.3) is 0 Å². The molecule has 0 spiro atoms. The van der Waals surface area contributed by atoms with Crippen molar-refractivity contribution in [1.29, 1.82) is 0 Å². The van der Waals surface area contributed by atoms with E-state index in [1.807, 2.05) is 0 Å². The van der Waals surface area contributed by atoms with Crippen LogP contribution in [0, 0.1) is 0 Å². The lowest BCUT2D eigenvalue weighted by Crippen LogP contribution is -2.12. The van der Waals surface area contributed by atoms with Crippen LogP contribution >= 0.6 is 10.2 Å². The molecule has 0 aromatic heterocycles. The summed E-state index contributed by atoms with van der Waals surface area (Å²) >= 11 is 0. The van der Waals surface area contributed by atoms with Crippen molar-refractivity contribution >= 4 is 10.2 Å². The molecule has 1 aliphatic rings. The van der Waals surface area contributed by atoms with Crippen molar-refractivity contribution in [2.75, 3.05) is 0 Å². The average molecular weight is 475 g/mol. The molecule has 32 heavy (non-hydrogen) atoms. The van der Waals surface area contributed by atoms with Gasteiger partial charge in [-0.3, -0.25) is 0 Å². The molecule has 0 amide bonds. The average Bonchev–Trinajstić information content (AvgIpc) is 2.75. The molecule has 0 unspecified atom stereocenters. The van der Waals surface area contributed by atoms with Crippen LogP contribution in [0.2, 0.25) is 0 Å². The molecule has 6 heteroatoms. The van der Waals surface area contributed by atoms with Gasteiger partial charge < -0.3 is 0 Å². The van der Waals surface area contributed by atoms with Gasteiger partial charge in [0, 0.05) is 0 Å². The minimum Gasteiger partial charge on any atom is -0.0936 e. The van der Waals surface area contributed by atoms with Crippen molar-refractivity contribution in [3.05, 3.63) is 65.2 Å². The molecule has 2 aromatic carbocycles. The molecule has 1 fully saturated rings. The number of hydrogen-bond acceptors (Lipinski definition) is 0. The largest absolute Gasteiger partial charge is 0.310 e. The molecule has 180 valence electrons. The molecule has 1 saturated carbocycles. The Hall–Kier alpha value is -1.56. The number of benzene rings is 2. The van der Waals surface area contributed by atoms with Crippen LogP contribution in [-0.2, 0) is 6.42 Å². The highest BCUT2D eigenvalue weighted by molar-refractivity contribution is 8.45. The molecule has 3 rings (SSSR count). The number of aryl methyl sites for hydroxylation is 1. The Morgan fingerprint density at radius 3 is 1.53 bits per heavy atom. The van der Waals surface area contributed by atoms with Gasteiger partial charge in [-0.1, -0.05) is 94.9 Å². The zero-order valence-corrected chi connectivity index (χ0v) is 19.7. The summed E-state index contributed by atoms with van der Waals surface area (Å²) in [6, 6.07) is 12.5. The molecule has 0 heterocycles. The van der Waals surface area contributed by atoms with Crippen molar-refractivity contribution in [1.82, 2.24) is 0 Å². The Morgan fingerprint density at radius 1 is 0.625 bits per heavy atom. The van der Waals surface area contributed by atoms with Gasteiger partial charge in [-0.05, 0) is 79.2 Å². The fourth-order valence-electron chi connectivity index (χ4n) is 4.82. The summed E-state index contributed by atoms with van der Waals surface area (Å²) in [6.45, 7) is 2.23. The van der Waals surface area contributed by atoms with E-state index in [1.54, 1.807) is 0 Å². The van der Waals surface area contributed by atoms with Crippen LogP contribution in [0.3, 0.4) is 0 Å². The van der Waals surface area contributed by atoms with Crippen LogP contribution in [0.1, 0.15) is 99.7 Å². The zero-order chi connectivity index (χ0) is 23.3. The molecule has 1 aliphatic carbocycles. The molecule has 0 N–H and O–H groups in total. The van der Waals surface area contributed by atoms with E-state index in [4.69, 9.17) is 0 Å². The third-order valence-electron chi connectivity index (χ3n) is 6.79. The standard InChI is InChI=1S/C26H35F5S/c1-2-3-4-5-6-7-8-21-9-11-22(12-10-21)23-13-15-24(16-14-23)25-17-19-26(20-18-25)32(27,28,29,30)31/h9-12,17-20,23-24H,2-8,13-16H2,1H3. The van der Waals surface area contributed by atoms with Crippen LogP contribution in [-0.4, -0.2) is 0 Å². The molecule has 2 aromatic rings. The van der Waals surface area contributed by atoms with Crippen molar-refractivity contribution in [2.45, 2.75) is 94.3 Å². The van der Waals surface area contributed by atoms with Crippen molar-refractivity contribution in [2.24, 2.45) is 0 Å². The first-order chi connectivity index (χ1) is 15.0. The summed E-state index contributed by atoms with van der Waals surface area (Å²) in [5.74, 6) is 0.587. The topological polar surface area (TPSA) is 0 Å². The maximum absolute atomic E-state index is 12.9. The highest BCUT2D eigenvalue weighted by Gasteiger charge is 2.65. The van der Waals surface area contributed by atoms with Gasteiger partial charge in [-0.2, -0.15) is 0 Å². The second-order valence-electron chi connectivity index (χ2n) is 9.35. The van der Waals surface area contributed by atoms with E-state index < -0.39 is 15.1 Å². The maximum Gasteiger partial charge on any atom is 0.310 e. The van der Waals surface area contributed by atoms with Gasteiger partial charge in [0.25, 0.3) is 0 Å². The fraction of sp³-hybridized carbons (Fsp3) is 0.538. The number of hydrogen-bond donors (Lipinski definition) is 0. The summed E-state index contributed by atoms with van der Waals surface area (Å²) in [6.07, 6.45) is 12.5. The van der Waals surface area contributed by atoms with E-state index >= 15 is 0 Å². The minimum atomic E-state index is -9.59. The predicted octanol–water partition coefficient (Wildman–Crippen LogP) is 10.7. The fourth-order valence-corrected chi connectivity index (χ4v) is 5.47. The highest BCUT2D eigenvalue weighted by atomic mass is 32.5. The third-order valence-corrected chi connectivity index (χ3v) is 7.96. The molecule has 0 radical (unpaired) electrons. The normalized spacial score (nSPS) is 21.7. The minimum absolute atomic E-state index is 0.130. The molecule has 0 nitrogen and oxygen atoms in total. The summed E-state index contributed by atoms with van der Waals surface area (Å²) in [5.41, 5.74) is 3.43. The van der Waals surface area contributed by atoms with Crippen LogP contribution in [0.4, 0.5) is 19.4 Å². The zero-order valence-electron chi connectivity index (χ0n) is 18.8. The third kappa shape index (κ3) is 7.23. The lowest BCUT2D eigenvalue weighted by Gasteiger charge is -2.40. The van der Waals surface area contributed by atoms with Gasteiger partial charge in [-0.15, -0.1) is 0 Å². The van der Waals surface area contributed by atoms with Gasteiger partial charge >= 0.3 is 10.2 Å². The molecule has 0 bridgehead atoms. The van der Waals surface area contributed by atoms with E-state index in [0.29, 0.717) is 18.1 Å². The highest BCUT2D eigenvalue weighted by Crippen LogP contribution is 3.02. The first kappa shape index (κ1) is 25.1. The van der Waals surface area contributed by atoms with Gasteiger partial charge in [0.1, 0.15) is 4.90 Å². The summed E-state index contributed by atoms with van der Waals surface area (Å²) in [5, 5.41) is 0. The van der Waals surface area contributed by atoms with Crippen LogP contribution in [0.5, 0.6) is 0 Å². The van der Waals surface area contributed by atoms with Crippen LogP contribution < -0.4 is 0 Å². The van der Waals surface area contributed by atoms with Crippen molar-refractivity contribution < 1.29 is 19.4 Å². The van der Waals surface area contributed by atoms with Crippen LogP contribution in [0.15, 0.2) is 53.4 Å². The molecular formula is C26H35F5S. The van der Waals surface area contributed by atoms with E-state index in [1.165, 1.54) is 61.8 Å². The van der Waals surface area contributed by atoms with Gasteiger partial charge in [0.05, 0.1) is 0 Å². The molecule has 0 atom stereocenters. The first-order valence-electron chi connectivity index (χ1n) is 11.9. The Kier molecular flexibility index (Phi) is 7.33. The van der Waals surface area contributed by atoms with E-state index in [-0.39, 0.29) is 5.92 Å². The summed E-state index contributed by atoms with van der Waals surface area (Å²) < 4.78 is 64.6. The number of halogens is 5. The Balaban J connectivity index is 1.48. The van der Waals surface area contributed by atoms with Gasteiger partial charge in [0.15, 0.2) is 0 Å². The summed E-state index contributed by atoms with van der Waals surface area (Å²) in [4.78, 5) is -1.80. The second kappa shape index (κ2) is 9.36. The van der Waals surface area contributed by atoms with E-state index in [2.05, 4.69) is 31.2 Å². The Labute approximate surface area is 189 Å². The van der Waals surface area contributed by atoms with E-state index in [9.17, 15) is 19.4 Å². The molecular weight excluding hydrogens is 439 g/mol. The van der Waals surface area contributed by atoms with Crippen molar-refractivity contribution in [3.63, 3.8) is 0 Å². The van der Waals surface area contributed by atoms with E-state index in [0.717, 1.165) is 37.7 Å². The quantitative estimate of drug-likeness (QED) is 0.237. The lowest BCUT2D eigenvalue weighted by atomic mass is 9.76. The number of rotatable bonds is 10. The summed E-state index contributed by atoms with van der Waals surface area (Å²) in [7, 11) is -9.59. The van der Waals surface area contributed by atoms with Crippen molar-refractivity contribution in [3.8, 4) is 0 Å². The Morgan fingerprint density at radius 2 is 1.06 bits per heavy atom. The lowest BCUT2D eigenvalue weighted by molar-refractivity contribution is 0.363. The first-order valence-corrected chi connectivity index (χ1v) is 13.8.